The van der Waals surface area contributed by atoms with Gasteiger partial charge in [-0.2, -0.15) is 0 Å². The molecule has 0 aliphatic rings. The van der Waals surface area contributed by atoms with E-state index in [4.69, 9.17) is 31.2 Å². The summed E-state index contributed by atoms with van der Waals surface area (Å²) >= 11 is 6.04. The lowest BCUT2D eigenvalue weighted by molar-refractivity contribution is -0.142. The Labute approximate surface area is 164 Å². The van der Waals surface area contributed by atoms with Crippen molar-refractivity contribution in [1.29, 1.82) is 0 Å². The highest BCUT2D eigenvalue weighted by atomic mass is 35.5. The van der Waals surface area contributed by atoms with E-state index in [9.17, 15) is 14.4 Å². The van der Waals surface area contributed by atoms with Gasteiger partial charge in [0, 0.05) is 22.9 Å². The molecule has 8 nitrogen and oxygen atoms in total. The molecule has 0 amide bonds. The van der Waals surface area contributed by atoms with E-state index >= 15 is 0 Å². The molecule has 0 radical (unpaired) electrons. The largest absolute Gasteiger partial charge is 0.461 e. The normalized spacial score (nSPS) is 10.8. The lowest BCUT2D eigenvalue weighted by atomic mass is 10.1. The number of halogens is 1. The highest BCUT2D eigenvalue weighted by Gasteiger charge is 2.28. The van der Waals surface area contributed by atoms with E-state index in [1.54, 1.807) is 19.1 Å². The van der Waals surface area contributed by atoms with E-state index in [1.807, 2.05) is 0 Å². The number of benzene rings is 1. The van der Waals surface area contributed by atoms with Crippen LogP contribution in [-0.2, 0) is 20.9 Å². The van der Waals surface area contributed by atoms with Gasteiger partial charge < -0.3 is 19.6 Å². The number of furan rings is 1. The predicted octanol–water partition coefficient (Wildman–Crippen LogP) is 3.77. The first-order valence-corrected chi connectivity index (χ1v) is 8.73. The second kappa shape index (κ2) is 7.77. The molecule has 0 fully saturated rings. The van der Waals surface area contributed by atoms with Gasteiger partial charge in [-0.1, -0.05) is 11.6 Å². The van der Waals surface area contributed by atoms with Crippen LogP contribution in [0.5, 0.6) is 0 Å². The fourth-order valence-corrected chi connectivity index (χ4v) is 2.93. The number of nitrogen functional groups attached to an aromatic ring is 1. The molecule has 0 saturated carbocycles. The summed E-state index contributed by atoms with van der Waals surface area (Å²) in [4.78, 5) is 36.5. The van der Waals surface area contributed by atoms with Crippen molar-refractivity contribution in [1.82, 2.24) is 4.57 Å². The molecule has 3 aromatic rings. The number of anilines is 1. The Bertz CT molecular complexity index is 1080. The number of esters is 1. The van der Waals surface area contributed by atoms with Crippen LogP contribution in [0.3, 0.4) is 0 Å². The zero-order chi connectivity index (χ0) is 20.4. The van der Waals surface area contributed by atoms with Gasteiger partial charge in [0.05, 0.1) is 24.1 Å². The maximum absolute atomic E-state index is 13.1. The lowest BCUT2D eigenvalue weighted by Crippen LogP contribution is -2.20. The second-order valence-electron chi connectivity index (χ2n) is 5.89. The maximum Gasteiger partial charge on any atom is 0.419 e. The first-order chi connectivity index (χ1) is 13.3. The number of rotatable bonds is 5. The van der Waals surface area contributed by atoms with Crippen LogP contribution in [0.2, 0.25) is 5.02 Å². The number of hydrogen-bond acceptors (Lipinski definition) is 7. The molecule has 0 spiro atoms. The van der Waals surface area contributed by atoms with Crippen LogP contribution in [0, 0.1) is 0 Å². The number of ketones is 1. The molecule has 2 aromatic heterocycles. The van der Waals surface area contributed by atoms with Crippen molar-refractivity contribution in [3.05, 3.63) is 52.6 Å². The highest BCUT2D eigenvalue weighted by Crippen LogP contribution is 2.32. The van der Waals surface area contributed by atoms with Gasteiger partial charge in [0.1, 0.15) is 12.3 Å². The molecule has 3 rings (SSSR count). The van der Waals surface area contributed by atoms with Crippen molar-refractivity contribution in [2.45, 2.75) is 20.5 Å². The molecule has 0 aliphatic carbocycles. The smallest absolute Gasteiger partial charge is 0.419 e. The maximum atomic E-state index is 13.1. The average molecular weight is 405 g/mol. The number of hydrogen-bond donors (Lipinski definition) is 1. The van der Waals surface area contributed by atoms with Gasteiger partial charge in [-0.25, -0.2) is 9.36 Å². The summed E-state index contributed by atoms with van der Waals surface area (Å²) in [6, 6.07) is 6.17. The molecular formula is C19H17ClN2O6. The molecule has 0 bridgehead atoms. The van der Waals surface area contributed by atoms with E-state index in [0.29, 0.717) is 21.5 Å². The second-order valence-corrected chi connectivity index (χ2v) is 6.32. The molecule has 146 valence electrons. The van der Waals surface area contributed by atoms with Crippen molar-refractivity contribution in [3.63, 3.8) is 0 Å². The standard InChI is InChI=1S/C19H17ClN2O6/c1-3-26-19(25)22-14-7-12(20)4-5-13(14)16(21)17(22)18(24)15-6-11(9-28-15)8-27-10(2)23/h4-7,9H,3,8,21H2,1-2H3. The van der Waals surface area contributed by atoms with Crippen LogP contribution >= 0.6 is 11.6 Å². The molecule has 9 heteroatoms. The fourth-order valence-electron chi connectivity index (χ4n) is 2.76. The van der Waals surface area contributed by atoms with Crippen molar-refractivity contribution in [2.75, 3.05) is 12.3 Å². The quantitative estimate of drug-likeness (QED) is 0.508. The summed E-state index contributed by atoms with van der Waals surface area (Å²) in [7, 11) is 0. The van der Waals surface area contributed by atoms with E-state index in [2.05, 4.69) is 0 Å². The Hall–Kier alpha value is -3.26. The Morgan fingerprint density at radius 2 is 1.96 bits per heavy atom. The summed E-state index contributed by atoms with van der Waals surface area (Å²) in [6.45, 7) is 2.99. The summed E-state index contributed by atoms with van der Waals surface area (Å²) in [5.41, 5.74) is 7.00. The minimum atomic E-state index is -0.762. The molecular weight excluding hydrogens is 388 g/mol. The Morgan fingerprint density at radius 3 is 2.64 bits per heavy atom. The third kappa shape index (κ3) is 3.59. The van der Waals surface area contributed by atoms with Gasteiger partial charge in [-0.3, -0.25) is 9.59 Å². The van der Waals surface area contributed by atoms with Crippen LogP contribution in [0.1, 0.15) is 35.7 Å². The molecule has 2 heterocycles. The van der Waals surface area contributed by atoms with Crippen molar-refractivity contribution >= 4 is 46.0 Å². The highest BCUT2D eigenvalue weighted by molar-refractivity contribution is 6.31. The molecule has 0 aliphatic heterocycles. The minimum absolute atomic E-state index is 0.0436. The summed E-state index contributed by atoms with van der Waals surface area (Å²) in [6.07, 6.45) is 0.530. The van der Waals surface area contributed by atoms with Crippen LogP contribution in [-0.4, -0.2) is 29.0 Å². The third-order valence-corrected chi connectivity index (χ3v) is 4.19. The molecule has 0 saturated heterocycles. The molecule has 2 N–H and O–H groups in total. The number of nitrogens with zero attached hydrogens (tertiary/aromatic N) is 1. The van der Waals surface area contributed by atoms with Gasteiger partial charge in [-0.15, -0.1) is 0 Å². The average Bonchev–Trinajstić information content (AvgIpc) is 3.22. The number of fused-ring (bicyclic) bond motifs is 1. The molecule has 0 atom stereocenters. The van der Waals surface area contributed by atoms with E-state index in [1.165, 1.54) is 25.3 Å². The van der Waals surface area contributed by atoms with Gasteiger partial charge >= 0.3 is 12.1 Å². The van der Waals surface area contributed by atoms with Gasteiger partial charge in [0.15, 0.2) is 5.76 Å². The zero-order valence-corrected chi connectivity index (χ0v) is 15.9. The van der Waals surface area contributed by atoms with Gasteiger partial charge in [-0.05, 0) is 31.2 Å². The van der Waals surface area contributed by atoms with Crippen molar-refractivity contribution in [3.8, 4) is 0 Å². The van der Waals surface area contributed by atoms with Crippen LogP contribution in [0.25, 0.3) is 10.9 Å². The summed E-state index contributed by atoms with van der Waals surface area (Å²) in [5, 5.41) is 0.851. The van der Waals surface area contributed by atoms with Crippen LogP contribution in [0.15, 0.2) is 34.9 Å². The van der Waals surface area contributed by atoms with Crippen LogP contribution in [0.4, 0.5) is 10.5 Å². The summed E-state index contributed by atoms with van der Waals surface area (Å²) in [5.74, 6) is -1.14. The third-order valence-electron chi connectivity index (χ3n) is 3.95. The zero-order valence-electron chi connectivity index (χ0n) is 15.2. The molecule has 28 heavy (non-hydrogen) atoms. The first kappa shape index (κ1) is 19.5. The molecule has 0 unspecified atom stereocenters. The predicted molar refractivity (Wildman–Crippen MR) is 101 cm³/mol. The number of ether oxygens (including phenoxy) is 2. The Balaban J connectivity index is 2.10. The van der Waals surface area contributed by atoms with Crippen molar-refractivity contribution in [2.24, 2.45) is 0 Å². The topological polar surface area (TPSA) is 114 Å². The summed E-state index contributed by atoms with van der Waals surface area (Å²) < 4.78 is 16.3. The molecule has 1 aromatic carbocycles. The first-order valence-electron chi connectivity index (χ1n) is 8.35. The number of carbonyl (C=O) groups is 3. The van der Waals surface area contributed by atoms with Gasteiger partial charge in [0.25, 0.3) is 0 Å². The van der Waals surface area contributed by atoms with Crippen molar-refractivity contribution < 1.29 is 28.3 Å². The fraction of sp³-hybridized carbons (Fsp3) is 0.211. The Morgan fingerprint density at radius 1 is 1.21 bits per heavy atom. The SMILES string of the molecule is CCOC(=O)n1c(C(=O)c2cc(COC(C)=O)co2)c(N)c2ccc(Cl)cc21. The van der Waals surface area contributed by atoms with E-state index in [-0.39, 0.29) is 30.4 Å². The number of aromatic nitrogens is 1. The number of nitrogens with two attached hydrogens (primary N) is 1. The monoisotopic (exact) mass is 404 g/mol. The Kier molecular flexibility index (Phi) is 5.41. The van der Waals surface area contributed by atoms with Gasteiger partial charge in [0.2, 0.25) is 5.78 Å². The minimum Gasteiger partial charge on any atom is -0.461 e. The lowest BCUT2D eigenvalue weighted by Gasteiger charge is -2.08. The van der Waals surface area contributed by atoms with E-state index in [0.717, 1.165) is 4.57 Å². The van der Waals surface area contributed by atoms with E-state index < -0.39 is 17.8 Å². The number of carbonyl (C=O) groups excluding carboxylic acids is 3. The van der Waals surface area contributed by atoms with Crippen LogP contribution < -0.4 is 5.73 Å².